The van der Waals surface area contributed by atoms with Crippen molar-refractivity contribution in [1.29, 1.82) is 0 Å². The van der Waals surface area contributed by atoms with Gasteiger partial charge < -0.3 is 5.32 Å². The maximum absolute atomic E-state index is 5.80. The van der Waals surface area contributed by atoms with Crippen molar-refractivity contribution in [2.45, 2.75) is 12.8 Å². The Hall–Kier alpha value is -0.860. The molecule has 2 nitrogen and oxygen atoms in total. The highest BCUT2D eigenvalue weighted by Crippen LogP contribution is 2.38. The van der Waals surface area contributed by atoms with Gasteiger partial charge in [0.15, 0.2) is 0 Å². The summed E-state index contributed by atoms with van der Waals surface area (Å²) < 4.78 is 0. The van der Waals surface area contributed by atoms with E-state index in [2.05, 4.69) is 22.4 Å². The van der Waals surface area contributed by atoms with Gasteiger partial charge in [-0.1, -0.05) is 23.7 Å². The molecule has 1 aromatic rings. The minimum Gasteiger partial charge on any atom is -0.316 e. The summed E-state index contributed by atoms with van der Waals surface area (Å²) in [4.78, 5) is 4.15. The predicted molar refractivity (Wildman–Crippen MR) is 66.3 cm³/mol. The van der Waals surface area contributed by atoms with Crippen LogP contribution >= 0.6 is 11.6 Å². The lowest BCUT2D eigenvalue weighted by Crippen LogP contribution is -2.33. The van der Waals surface area contributed by atoms with Crippen LogP contribution in [0.2, 0.25) is 5.15 Å². The van der Waals surface area contributed by atoms with Gasteiger partial charge in [0.05, 0.1) is 0 Å². The summed E-state index contributed by atoms with van der Waals surface area (Å²) in [5.41, 5.74) is 2.68. The summed E-state index contributed by atoms with van der Waals surface area (Å²) >= 11 is 5.80. The maximum atomic E-state index is 5.80. The minimum absolute atomic E-state index is 0.571. The van der Waals surface area contributed by atoms with Crippen LogP contribution in [-0.4, -0.2) is 18.1 Å². The number of nitrogens with one attached hydrogen (secondary N) is 1. The van der Waals surface area contributed by atoms with E-state index >= 15 is 0 Å². The number of hydrogen-bond donors (Lipinski definition) is 1. The number of nitrogens with zero attached hydrogens (tertiary/aromatic N) is 1. The van der Waals surface area contributed by atoms with Gasteiger partial charge in [0.2, 0.25) is 0 Å². The van der Waals surface area contributed by atoms with Crippen LogP contribution in [0.3, 0.4) is 0 Å². The molecule has 3 heteroatoms. The third-order valence-electron chi connectivity index (χ3n) is 3.66. The summed E-state index contributed by atoms with van der Waals surface area (Å²) in [7, 11) is 0. The molecule has 1 N–H and O–H groups in total. The second kappa shape index (κ2) is 4.19. The standard InChI is InChI=1S/C13H15ClN2/c14-13-2-1-10(8-16-13)11-5-9-3-4-15-7-12(9)6-11/h1-2,5,8-9,12,15H,3-4,6-7H2/t9-,12-/m1/s1. The second-order valence-electron chi connectivity index (χ2n) is 4.68. The first-order valence-electron chi connectivity index (χ1n) is 5.86. The predicted octanol–water partition coefficient (Wildman–Crippen LogP) is 2.75. The van der Waals surface area contributed by atoms with Crippen molar-refractivity contribution in [2.24, 2.45) is 11.8 Å². The fraction of sp³-hybridized carbons (Fsp3) is 0.462. The zero-order valence-corrected chi connectivity index (χ0v) is 9.87. The van der Waals surface area contributed by atoms with Crippen molar-refractivity contribution >= 4 is 17.2 Å². The SMILES string of the molecule is Clc1ccc(C2=C[C@H]3CCNC[C@H]3C2)cn1. The van der Waals surface area contributed by atoms with E-state index in [1.54, 1.807) is 0 Å². The molecule has 0 radical (unpaired) electrons. The van der Waals surface area contributed by atoms with Gasteiger partial charge in [-0.15, -0.1) is 0 Å². The molecule has 0 spiro atoms. The number of hydrogen-bond acceptors (Lipinski definition) is 2. The lowest BCUT2D eigenvalue weighted by atomic mass is 9.89. The van der Waals surface area contributed by atoms with Crippen LogP contribution in [-0.2, 0) is 0 Å². The summed E-state index contributed by atoms with van der Waals surface area (Å²) in [5.74, 6) is 1.56. The van der Waals surface area contributed by atoms with E-state index in [0.29, 0.717) is 5.15 Å². The minimum atomic E-state index is 0.571. The molecule has 2 heterocycles. The summed E-state index contributed by atoms with van der Waals surface area (Å²) in [6, 6.07) is 3.95. The third-order valence-corrected chi connectivity index (χ3v) is 3.89. The Morgan fingerprint density at radius 1 is 1.38 bits per heavy atom. The van der Waals surface area contributed by atoms with Gasteiger partial charge >= 0.3 is 0 Å². The molecule has 1 saturated heterocycles. The molecule has 2 aliphatic rings. The van der Waals surface area contributed by atoms with Gasteiger partial charge in [-0.05, 0) is 55.0 Å². The van der Waals surface area contributed by atoms with Crippen molar-refractivity contribution in [3.63, 3.8) is 0 Å². The molecule has 2 atom stereocenters. The third kappa shape index (κ3) is 1.87. The van der Waals surface area contributed by atoms with Crippen LogP contribution in [0.4, 0.5) is 0 Å². The average molecular weight is 235 g/mol. The lowest BCUT2D eigenvalue weighted by Gasteiger charge is -2.25. The van der Waals surface area contributed by atoms with Crippen molar-refractivity contribution in [3.05, 3.63) is 35.1 Å². The van der Waals surface area contributed by atoms with E-state index in [1.807, 2.05) is 12.3 Å². The van der Waals surface area contributed by atoms with Gasteiger partial charge in [-0.2, -0.15) is 0 Å². The zero-order chi connectivity index (χ0) is 11.0. The highest BCUT2D eigenvalue weighted by Gasteiger charge is 2.29. The molecule has 1 aliphatic heterocycles. The molecule has 0 saturated carbocycles. The molecule has 84 valence electrons. The Balaban J connectivity index is 1.83. The van der Waals surface area contributed by atoms with Crippen molar-refractivity contribution in [1.82, 2.24) is 10.3 Å². The van der Waals surface area contributed by atoms with Crippen LogP contribution < -0.4 is 5.32 Å². The number of pyridine rings is 1. The van der Waals surface area contributed by atoms with E-state index in [4.69, 9.17) is 11.6 Å². The molecule has 16 heavy (non-hydrogen) atoms. The van der Waals surface area contributed by atoms with Crippen LogP contribution in [0.25, 0.3) is 5.57 Å². The molecule has 0 aromatic carbocycles. The lowest BCUT2D eigenvalue weighted by molar-refractivity contribution is 0.324. The van der Waals surface area contributed by atoms with Crippen LogP contribution in [0.15, 0.2) is 24.4 Å². The van der Waals surface area contributed by atoms with E-state index in [0.717, 1.165) is 24.9 Å². The molecule has 0 amide bonds. The number of allylic oxidation sites excluding steroid dienone is 2. The van der Waals surface area contributed by atoms with Crippen molar-refractivity contribution in [2.75, 3.05) is 13.1 Å². The van der Waals surface area contributed by atoms with Crippen molar-refractivity contribution < 1.29 is 0 Å². The highest BCUT2D eigenvalue weighted by atomic mass is 35.5. The Morgan fingerprint density at radius 2 is 2.31 bits per heavy atom. The molecule has 1 aliphatic carbocycles. The highest BCUT2D eigenvalue weighted by molar-refractivity contribution is 6.29. The molecule has 1 aromatic heterocycles. The average Bonchev–Trinajstić information content (AvgIpc) is 2.73. The normalized spacial score (nSPS) is 28.7. The quantitative estimate of drug-likeness (QED) is 0.756. The number of piperidine rings is 1. The number of aromatic nitrogens is 1. The number of halogens is 1. The first-order valence-corrected chi connectivity index (χ1v) is 6.24. The summed E-state index contributed by atoms with van der Waals surface area (Å²) in [6.07, 6.45) is 6.78. The Kier molecular flexibility index (Phi) is 2.70. The largest absolute Gasteiger partial charge is 0.316 e. The van der Waals surface area contributed by atoms with E-state index in [1.165, 1.54) is 24.0 Å². The molecule has 1 fully saturated rings. The first kappa shape index (κ1) is 10.3. The van der Waals surface area contributed by atoms with Crippen LogP contribution in [0.5, 0.6) is 0 Å². The van der Waals surface area contributed by atoms with Gasteiger partial charge in [-0.3, -0.25) is 0 Å². The molecule has 0 bridgehead atoms. The van der Waals surface area contributed by atoms with Gasteiger partial charge in [-0.25, -0.2) is 4.98 Å². The molecular weight excluding hydrogens is 220 g/mol. The number of rotatable bonds is 1. The molecule has 0 unspecified atom stereocenters. The van der Waals surface area contributed by atoms with E-state index in [9.17, 15) is 0 Å². The first-order chi connectivity index (χ1) is 7.83. The van der Waals surface area contributed by atoms with Crippen molar-refractivity contribution in [3.8, 4) is 0 Å². The fourth-order valence-corrected chi connectivity index (χ4v) is 2.89. The second-order valence-corrected chi connectivity index (χ2v) is 5.07. The topological polar surface area (TPSA) is 24.9 Å². The van der Waals surface area contributed by atoms with Crippen LogP contribution in [0.1, 0.15) is 18.4 Å². The molecule has 3 rings (SSSR count). The Bertz CT molecular complexity index is 410. The van der Waals surface area contributed by atoms with E-state index < -0.39 is 0 Å². The molecular formula is C13H15ClN2. The van der Waals surface area contributed by atoms with Gasteiger partial charge in [0, 0.05) is 6.20 Å². The summed E-state index contributed by atoms with van der Waals surface area (Å²) in [5, 5.41) is 4.04. The Labute approximate surface area is 101 Å². The van der Waals surface area contributed by atoms with Gasteiger partial charge in [0.25, 0.3) is 0 Å². The van der Waals surface area contributed by atoms with Gasteiger partial charge in [0.1, 0.15) is 5.15 Å². The smallest absolute Gasteiger partial charge is 0.129 e. The summed E-state index contributed by atoms with van der Waals surface area (Å²) in [6.45, 7) is 2.31. The van der Waals surface area contributed by atoms with Crippen LogP contribution in [0, 0.1) is 11.8 Å². The van der Waals surface area contributed by atoms with E-state index in [-0.39, 0.29) is 0 Å². The maximum Gasteiger partial charge on any atom is 0.129 e. The monoisotopic (exact) mass is 234 g/mol. The Morgan fingerprint density at radius 3 is 3.06 bits per heavy atom. The fourth-order valence-electron chi connectivity index (χ4n) is 2.77. The zero-order valence-electron chi connectivity index (χ0n) is 9.12. The number of fused-ring (bicyclic) bond motifs is 1.